The molecule has 2 heterocycles. The summed E-state index contributed by atoms with van der Waals surface area (Å²) in [4.78, 5) is 30.4. The van der Waals surface area contributed by atoms with Gasteiger partial charge in [-0.1, -0.05) is 42.1 Å². The lowest BCUT2D eigenvalue weighted by atomic mass is 10.1. The molecular formula is C23H25N3O3S. The smallest absolute Gasteiger partial charge is 0.262 e. The number of carbonyl (C=O) groups is 1. The van der Waals surface area contributed by atoms with E-state index < -0.39 is 0 Å². The number of carbonyl (C=O) groups excluding carboxylic acids is 1. The van der Waals surface area contributed by atoms with Crippen LogP contribution >= 0.6 is 11.8 Å². The number of nitrogens with one attached hydrogen (secondary N) is 1. The van der Waals surface area contributed by atoms with E-state index in [2.05, 4.69) is 10.3 Å². The van der Waals surface area contributed by atoms with Crippen molar-refractivity contribution >= 4 is 34.3 Å². The summed E-state index contributed by atoms with van der Waals surface area (Å²) in [6.07, 6.45) is 1.94. The highest BCUT2D eigenvalue weighted by atomic mass is 32.2. The molecule has 30 heavy (non-hydrogen) atoms. The van der Waals surface area contributed by atoms with E-state index in [1.165, 1.54) is 11.8 Å². The molecule has 1 atom stereocenters. The molecular weight excluding hydrogens is 398 g/mol. The van der Waals surface area contributed by atoms with Crippen molar-refractivity contribution < 1.29 is 9.53 Å². The minimum Gasteiger partial charge on any atom is -0.376 e. The number of ether oxygens (including phenoxy) is 1. The van der Waals surface area contributed by atoms with Crippen LogP contribution in [0.4, 0.5) is 5.69 Å². The largest absolute Gasteiger partial charge is 0.376 e. The van der Waals surface area contributed by atoms with Crippen molar-refractivity contribution in [3.8, 4) is 0 Å². The third-order valence-corrected chi connectivity index (χ3v) is 6.29. The second-order valence-corrected chi connectivity index (χ2v) is 8.51. The standard InChI is InChI=1S/C23H25N3O3S/c1-15-7-5-8-16(2)21(15)25-20(27)14-30-23-24-19-11-4-3-10-18(19)22(28)26(23)13-17-9-6-12-29-17/h3-5,7-8,10-11,17H,6,9,12-14H2,1-2H3,(H,25,27)/t17-/m1/s1. The summed E-state index contributed by atoms with van der Waals surface area (Å²) < 4.78 is 7.40. The SMILES string of the molecule is Cc1cccc(C)c1NC(=O)CSc1nc2ccccc2c(=O)n1C[C@H]1CCCO1. The van der Waals surface area contributed by atoms with Crippen LogP contribution in [0.3, 0.4) is 0 Å². The molecule has 7 heteroatoms. The van der Waals surface area contributed by atoms with Crippen LogP contribution < -0.4 is 10.9 Å². The Kier molecular flexibility index (Phi) is 6.20. The van der Waals surface area contributed by atoms with E-state index in [1.54, 1.807) is 10.6 Å². The fraction of sp³-hybridized carbons (Fsp3) is 0.348. The van der Waals surface area contributed by atoms with Gasteiger partial charge in [0.1, 0.15) is 0 Å². The number of rotatable bonds is 6. The summed E-state index contributed by atoms with van der Waals surface area (Å²) in [5.41, 5.74) is 3.43. The van der Waals surface area contributed by atoms with E-state index in [1.807, 2.05) is 50.2 Å². The van der Waals surface area contributed by atoms with Crippen LogP contribution in [0.25, 0.3) is 10.9 Å². The average molecular weight is 424 g/mol. The highest BCUT2D eigenvalue weighted by Gasteiger charge is 2.20. The number of thioether (sulfide) groups is 1. The highest BCUT2D eigenvalue weighted by molar-refractivity contribution is 7.99. The van der Waals surface area contributed by atoms with Crippen molar-refractivity contribution in [2.24, 2.45) is 0 Å². The third-order valence-electron chi connectivity index (χ3n) is 5.31. The predicted molar refractivity (Wildman–Crippen MR) is 120 cm³/mol. The molecule has 1 fully saturated rings. The number of nitrogens with zero attached hydrogens (tertiary/aromatic N) is 2. The minimum atomic E-state index is -0.122. The van der Waals surface area contributed by atoms with Gasteiger partial charge in [0, 0.05) is 12.3 Å². The molecule has 0 spiro atoms. The van der Waals surface area contributed by atoms with Gasteiger partial charge in [-0.2, -0.15) is 0 Å². The van der Waals surface area contributed by atoms with Crippen LogP contribution in [0.1, 0.15) is 24.0 Å². The highest BCUT2D eigenvalue weighted by Crippen LogP contribution is 2.23. The van der Waals surface area contributed by atoms with Crippen LogP contribution in [0.2, 0.25) is 0 Å². The predicted octanol–water partition coefficient (Wildman–Crippen LogP) is 3.92. The Morgan fingerprint density at radius 2 is 1.97 bits per heavy atom. The van der Waals surface area contributed by atoms with Crippen LogP contribution in [0.15, 0.2) is 52.4 Å². The number of fused-ring (bicyclic) bond motifs is 1. The van der Waals surface area contributed by atoms with Crippen molar-refractivity contribution in [3.05, 3.63) is 63.9 Å². The number of benzene rings is 2. The Morgan fingerprint density at radius 1 is 1.20 bits per heavy atom. The number of aromatic nitrogens is 2. The zero-order chi connectivity index (χ0) is 21.1. The summed E-state index contributed by atoms with van der Waals surface area (Å²) in [6.45, 7) is 5.12. The fourth-order valence-electron chi connectivity index (χ4n) is 3.73. The van der Waals surface area contributed by atoms with E-state index in [9.17, 15) is 9.59 Å². The minimum absolute atomic E-state index is 0.00783. The lowest BCUT2D eigenvalue weighted by Crippen LogP contribution is -2.29. The van der Waals surface area contributed by atoms with Crippen molar-refractivity contribution in [1.82, 2.24) is 9.55 Å². The summed E-state index contributed by atoms with van der Waals surface area (Å²) >= 11 is 1.28. The number of hydrogen-bond donors (Lipinski definition) is 1. The van der Waals surface area contributed by atoms with Crippen molar-refractivity contribution in [2.75, 3.05) is 17.7 Å². The van der Waals surface area contributed by atoms with E-state index in [0.717, 1.165) is 36.3 Å². The van der Waals surface area contributed by atoms with Crippen molar-refractivity contribution in [1.29, 1.82) is 0 Å². The Morgan fingerprint density at radius 3 is 2.70 bits per heavy atom. The number of para-hydroxylation sites is 2. The Hall–Kier alpha value is -2.64. The molecule has 0 aliphatic carbocycles. The van der Waals surface area contributed by atoms with E-state index in [4.69, 9.17) is 4.74 Å². The quantitative estimate of drug-likeness (QED) is 0.480. The fourth-order valence-corrected chi connectivity index (χ4v) is 4.54. The topological polar surface area (TPSA) is 73.2 Å². The lowest BCUT2D eigenvalue weighted by Gasteiger charge is -2.16. The molecule has 1 aliphatic rings. The molecule has 0 saturated carbocycles. The summed E-state index contributed by atoms with van der Waals surface area (Å²) in [5.74, 6) is 0.0489. The number of amides is 1. The van der Waals surface area contributed by atoms with Gasteiger partial charge in [0.2, 0.25) is 5.91 Å². The molecule has 1 N–H and O–H groups in total. The van der Waals surface area contributed by atoms with E-state index in [-0.39, 0.29) is 23.3 Å². The second kappa shape index (κ2) is 9.02. The summed E-state index contributed by atoms with van der Waals surface area (Å²) in [7, 11) is 0. The van der Waals surface area contributed by atoms with Gasteiger partial charge in [-0.25, -0.2) is 4.98 Å². The van der Waals surface area contributed by atoms with Gasteiger partial charge in [0.15, 0.2) is 5.16 Å². The Labute approximate surface area is 179 Å². The van der Waals surface area contributed by atoms with Crippen molar-refractivity contribution in [3.63, 3.8) is 0 Å². The first kappa shape index (κ1) is 20.6. The monoisotopic (exact) mass is 423 g/mol. The molecule has 1 saturated heterocycles. The van der Waals surface area contributed by atoms with E-state index in [0.29, 0.717) is 22.6 Å². The number of anilines is 1. The molecule has 2 aromatic carbocycles. The van der Waals surface area contributed by atoms with Crippen LogP contribution in [0, 0.1) is 13.8 Å². The van der Waals surface area contributed by atoms with Crippen LogP contribution in [-0.4, -0.2) is 33.9 Å². The van der Waals surface area contributed by atoms with Crippen molar-refractivity contribution in [2.45, 2.75) is 44.5 Å². The molecule has 6 nitrogen and oxygen atoms in total. The average Bonchev–Trinajstić information content (AvgIpc) is 3.25. The first-order valence-electron chi connectivity index (χ1n) is 10.1. The molecule has 1 aromatic heterocycles. The normalized spacial score (nSPS) is 16.1. The van der Waals surface area contributed by atoms with Gasteiger partial charge in [-0.3, -0.25) is 14.2 Å². The molecule has 0 radical (unpaired) electrons. The maximum Gasteiger partial charge on any atom is 0.262 e. The van der Waals surface area contributed by atoms with Gasteiger partial charge < -0.3 is 10.1 Å². The van der Waals surface area contributed by atoms with Gasteiger partial charge in [0.05, 0.1) is 29.3 Å². The van der Waals surface area contributed by atoms with Gasteiger partial charge >= 0.3 is 0 Å². The third kappa shape index (κ3) is 4.42. The van der Waals surface area contributed by atoms with Crippen LogP contribution in [0.5, 0.6) is 0 Å². The van der Waals surface area contributed by atoms with Gasteiger partial charge in [-0.05, 0) is 49.9 Å². The zero-order valence-electron chi connectivity index (χ0n) is 17.2. The molecule has 0 bridgehead atoms. The zero-order valence-corrected chi connectivity index (χ0v) is 18.0. The summed E-state index contributed by atoms with van der Waals surface area (Å²) in [5, 5.41) is 4.12. The Balaban J connectivity index is 1.57. The first-order valence-corrected chi connectivity index (χ1v) is 11.1. The first-order chi connectivity index (χ1) is 14.5. The molecule has 1 amide bonds. The van der Waals surface area contributed by atoms with E-state index >= 15 is 0 Å². The maximum absolute atomic E-state index is 13.1. The lowest BCUT2D eigenvalue weighted by molar-refractivity contribution is -0.113. The molecule has 3 aromatic rings. The van der Waals surface area contributed by atoms with Gasteiger partial charge in [0.25, 0.3) is 5.56 Å². The maximum atomic E-state index is 13.1. The van der Waals surface area contributed by atoms with Gasteiger partial charge in [-0.15, -0.1) is 0 Å². The van der Waals surface area contributed by atoms with Crippen LogP contribution in [-0.2, 0) is 16.1 Å². The molecule has 156 valence electrons. The molecule has 0 unspecified atom stereocenters. The number of aryl methyl sites for hydroxylation is 2. The number of hydrogen-bond acceptors (Lipinski definition) is 5. The summed E-state index contributed by atoms with van der Waals surface area (Å²) in [6, 6.07) is 13.2. The molecule has 4 rings (SSSR count). The second-order valence-electron chi connectivity index (χ2n) is 7.57. The Bertz CT molecular complexity index is 1120. The molecule has 1 aliphatic heterocycles.